The van der Waals surface area contributed by atoms with Crippen molar-refractivity contribution in [3.63, 3.8) is 0 Å². The Balaban J connectivity index is 1.16. The van der Waals surface area contributed by atoms with Gasteiger partial charge in [-0.25, -0.2) is 0 Å². The van der Waals surface area contributed by atoms with Crippen molar-refractivity contribution >= 4 is 10.8 Å². The van der Waals surface area contributed by atoms with Crippen LogP contribution >= 0.6 is 0 Å². The Kier molecular flexibility index (Phi) is 7.84. The van der Waals surface area contributed by atoms with Gasteiger partial charge in [0.15, 0.2) is 0 Å². The average molecular weight is 546 g/mol. The highest BCUT2D eigenvalue weighted by atomic mass is 16.5. The van der Waals surface area contributed by atoms with Crippen LogP contribution < -0.4 is 20.3 Å². The summed E-state index contributed by atoms with van der Waals surface area (Å²) in [6.45, 7) is 7.56. The quantitative estimate of drug-likeness (QED) is 0.501. The molecule has 214 valence electrons. The molecule has 3 aliphatic rings. The van der Waals surface area contributed by atoms with Gasteiger partial charge < -0.3 is 19.4 Å². The zero-order chi connectivity index (χ0) is 27.7. The number of fused-ring (bicyclic) bond motifs is 1. The lowest BCUT2D eigenvalue weighted by molar-refractivity contribution is 0.0345. The lowest BCUT2D eigenvalue weighted by atomic mass is 9.67. The highest BCUT2D eigenvalue weighted by Crippen LogP contribution is 2.44. The summed E-state index contributed by atoms with van der Waals surface area (Å²) in [7, 11) is 5.22. The third-order valence-corrected chi connectivity index (χ3v) is 9.89. The van der Waals surface area contributed by atoms with Crippen LogP contribution in [0.25, 0.3) is 21.9 Å². The van der Waals surface area contributed by atoms with Crippen LogP contribution in [0.4, 0.5) is 0 Å². The molecular formula is C32H43N5O3. The van der Waals surface area contributed by atoms with E-state index in [9.17, 15) is 4.79 Å². The van der Waals surface area contributed by atoms with Gasteiger partial charge in [0, 0.05) is 70.0 Å². The molecule has 1 aromatic carbocycles. The first-order valence-corrected chi connectivity index (χ1v) is 14.9. The van der Waals surface area contributed by atoms with Crippen molar-refractivity contribution in [3.05, 3.63) is 52.7 Å². The SMILES string of the molecule is COc1cc(-c2cn(C)c(=O)c3cnccc23)cc(OC)c1CN1CCN(C2CCC3(CCNCC3)CC2)CC1. The summed E-state index contributed by atoms with van der Waals surface area (Å²) in [4.78, 5) is 22.1. The molecule has 4 heterocycles. The van der Waals surface area contributed by atoms with Crippen LogP contribution in [0.2, 0.25) is 0 Å². The fourth-order valence-corrected chi connectivity index (χ4v) is 7.38. The average Bonchev–Trinajstić information content (AvgIpc) is 3.00. The Morgan fingerprint density at radius 3 is 2.30 bits per heavy atom. The Morgan fingerprint density at radius 2 is 1.65 bits per heavy atom. The number of methoxy groups -OCH3 is 2. The third kappa shape index (κ3) is 5.24. The van der Waals surface area contributed by atoms with E-state index in [0.29, 0.717) is 10.8 Å². The largest absolute Gasteiger partial charge is 0.496 e. The molecule has 0 bridgehead atoms. The van der Waals surface area contributed by atoms with Gasteiger partial charge in [0.05, 0.1) is 25.2 Å². The molecular weight excluding hydrogens is 502 g/mol. The van der Waals surface area contributed by atoms with Crippen LogP contribution in [0.3, 0.4) is 0 Å². The van der Waals surface area contributed by atoms with Gasteiger partial charge in [0.25, 0.3) is 5.56 Å². The van der Waals surface area contributed by atoms with Crippen molar-refractivity contribution in [2.75, 3.05) is 53.5 Å². The zero-order valence-electron chi connectivity index (χ0n) is 24.2. The topological polar surface area (TPSA) is 71.9 Å². The number of rotatable bonds is 6. The highest BCUT2D eigenvalue weighted by Gasteiger charge is 2.38. The van der Waals surface area contributed by atoms with Crippen molar-refractivity contribution in [3.8, 4) is 22.6 Å². The number of aromatic nitrogens is 2. The maximum Gasteiger partial charge on any atom is 0.259 e. The first-order valence-electron chi connectivity index (χ1n) is 14.9. The van der Waals surface area contributed by atoms with Gasteiger partial charge in [-0.3, -0.25) is 19.6 Å². The first kappa shape index (κ1) is 27.2. The number of nitrogens with zero attached hydrogens (tertiary/aromatic N) is 4. The molecule has 0 radical (unpaired) electrons. The fraction of sp³-hybridized carbons (Fsp3) is 0.562. The van der Waals surface area contributed by atoms with Crippen LogP contribution in [0.1, 0.15) is 44.1 Å². The normalized spacial score (nSPS) is 20.7. The minimum Gasteiger partial charge on any atom is -0.496 e. The molecule has 2 aromatic heterocycles. The predicted octanol–water partition coefficient (Wildman–Crippen LogP) is 4.05. The van der Waals surface area contributed by atoms with E-state index >= 15 is 0 Å². The smallest absolute Gasteiger partial charge is 0.259 e. The van der Waals surface area contributed by atoms with E-state index in [1.807, 2.05) is 12.3 Å². The van der Waals surface area contributed by atoms with Crippen molar-refractivity contribution in [2.24, 2.45) is 12.5 Å². The van der Waals surface area contributed by atoms with Crippen LogP contribution in [0.5, 0.6) is 11.5 Å². The van der Waals surface area contributed by atoms with Crippen LogP contribution in [-0.2, 0) is 13.6 Å². The summed E-state index contributed by atoms with van der Waals surface area (Å²) in [5.74, 6) is 1.62. The maximum atomic E-state index is 12.7. The molecule has 1 N–H and O–H groups in total. The maximum absolute atomic E-state index is 12.7. The molecule has 2 saturated heterocycles. The molecule has 3 aromatic rings. The van der Waals surface area contributed by atoms with Crippen LogP contribution in [0.15, 0.2) is 41.6 Å². The number of nitrogens with one attached hydrogen (secondary N) is 1. The van der Waals surface area contributed by atoms with Gasteiger partial charge in [0.1, 0.15) is 11.5 Å². The molecule has 6 rings (SSSR count). The molecule has 1 saturated carbocycles. The Labute approximate surface area is 237 Å². The number of hydrogen-bond donors (Lipinski definition) is 1. The van der Waals surface area contributed by atoms with E-state index in [2.05, 4.69) is 32.2 Å². The molecule has 1 aliphatic carbocycles. The van der Waals surface area contributed by atoms with Crippen molar-refractivity contribution in [1.29, 1.82) is 0 Å². The second kappa shape index (κ2) is 11.5. The summed E-state index contributed by atoms with van der Waals surface area (Å²) in [6, 6.07) is 6.80. The number of piperazine rings is 1. The molecule has 40 heavy (non-hydrogen) atoms. The summed E-state index contributed by atoms with van der Waals surface area (Å²) < 4.78 is 13.5. The Hall–Kier alpha value is -2.94. The van der Waals surface area contributed by atoms with E-state index in [-0.39, 0.29) is 5.56 Å². The monoisotopic (exact) mass is 545 g/mol. The number of pyridine rings is 2. The molecule has 0 atom stereocenters. The van der Waals surface area contributed by atoms with Crippen LogP contribution in [0, 0.1) is 5.41 Å². The summed E-state index contributed by atoms with van der Waals surface area (Å²) in [5.41, 5.74) is 3.55. The number of piperidine rings is 1. The minimum atomic E-state index is -0.0550. The third-order valence-electron chi connectivity index (χ3n) is 9.89. The Bertz CT molecular complexity index is 1370. The highest BCUT2D eigenvalue weighted by molar-refractivity contribution is 5.95. The van der Waals surface area contributed by atoms with Crippen LogP contribution in [-0.4, -0.2) is 78.9 Å². The second-order valence-corrected chi connectivity index (χ2v) is 12.0. The van der Waals surface area contributed by atoms with Crippen molar-refractivity contribution in [2.45, 2.75) is 51.1 Å². The Morgan fingerprint density at radius 1 is 0.975 bits per heavy atom. The summed E-state index contributed by atoms with van der Waals surface area (Å²) in [6.07, 6.45) is 13.5. The zero-order valence-corrected chi connectivity index (χ0v) is 24.2. The lowest BCUT2D eigenvalue weighted by Crippen LogP contribution is -2.52. The predicted molar refractivity (Wildman–Crippen MR) is 159 cm³/mol. The first-order chi connectivity index (χ1) is 19.5. The number of benzene rings is 1. The van der Waals surface area contributed by atoms with Gasteiger partial charge in [-0.05, 0) is 86.2 Å². The molecule has 8 heteroatoms. The lowest BCUT2D eigenvalue weighted by Gasteiger charge is -2.47. The summed E-state index contributed by atoms with van der Waals surface area (Å²) in [5, 5.41) is 5.02. The second-order valence-electron chi connectivity index (χ2n) is 12.0. The molecule has 0 unspecified atom stereocenters. The van der Waals surface area contributed by atoms with Gasteiger partial charge >= 0.3 is 0 Å². The van der Waals surface area contributed by atoms with Gasteiger partial charge in [-0.1, -0.05) is 0 Å². The number of ether oxygens (including phenoxy) is 2. The molecule has 8 nitrogen and oxygen atoms in total. The minimum absolute atomic E-state index is 0.0550. The number of hydrogen-bond acceptors (Lipinski definition) is 7. The number of aryl methyl sites for hydroxylation is 1. The van der Waals surface area contributed by atoms with Gasteiger partial charge in [-0.2, -0.15) is 0 Å². The standard InChI is InChI=1S/C32H43N5O3/c1-35-21-27(25-6-11-34-20-26(25)31(35)38)23-18-29(39-2)28(30(19-23)40-3)22-36-14-16-37(17-15-36)24-4-7-32(8-5-24)9-12-33-13-10-32/h6,11,18-21,24,33H,4-5,7-10,12-17,22H2,1-3H3. The van der Waals surface area contributed by atoms with E-state index in [1.165, 1.54) is 51.6 Å². The van der Waals surface area contributed by atoms with Gasteiger partial charge in [-0.15, -0.1) is 0 Å². The van der Waals surface area contributed by atoms with E-state index < -0.39 is 0 Å². The summed E-state index contributed by atoms with van der Waals surface area (Å²) >= 11 is 0. The molecule has 0 amide bonds. The van der Waals surface area contributed by atoms with E-state index in [4.69, 9.17) is 9.47 Å². The molecule has 1 spiro atoms. The molecule has 2 aliphatic heterocycles. The molecule has 3 fully saturated rings. The van der Waals surface area contributed by atoms with Crippen molar-refractivity contribution < 1.29 is 9.47 Å². The van der Waals surface area contributed by atoms with Gasteiger partial charge in [0.2, 0.25) is 0 Å². The van der Waals surface area contributed by atoms with Crippen molar-refractivity contribution in [1.82, 2.24) is 24.7 Å². The van der Waals surface area contributed by atoms with E-state index in [1.54, 1.807) is 38.2 Å². The fourth-order valence-electron chi connectivity index (χ4n) is 7.38. The van der Waals surface area contributed by atoms with E-state index in [0.717, 1.165) is 72.3 Å².